The van der Waals surface area contributed by atoms with E-state index in [0.29, 0.717) is 0 Å². The first-order chi connectivity index (χ1) is 18.0. The van der Waals surface area contributed by atoms with E-state index in [9.17, 15) is 14.4 Å². The van der Waals surface area contributed by atoms with E-state index in [2.05, 4.69) is 41.7 Å². The lowest BCUT2D eigenvalue weighted by atomic mass is 9.83. The van der Waals surface area contributed by atoms with Crippen molar-refractivity contribution >= 4 is 29.5 Å². The van der Waals surface area contributed by atoms with Gasteiger partial charge in [-0.3, -0.25) is 19.2 Å². The van der Waals surface area contributed by atoms with Gasteiger partial charge in [-0.2, -0.15) is 0 Å². The fourth-order valence-corrected chi connectivity index (χ4v) is 7.00. The molecule has 37 heavy (non-hydrogen) atoms. The van der Waals surface area contributed by atoms with Crippen LogP contribution in [0, 0.1) is 5.92 Å². The summed E-state index contributed by atoms with van der Waals surface area (Å²) in [5.74, 6) is -1.60. The first kappa shape index (κ1) is 25.0. The summed E-state index contributed by atoms with van der Waals surface area (Å²) < 4.78 is 5.01. The van der Waals surface area contributed by atoms with Gasteiger partial charge in [-0.25, -0.2) is 5.06 Å². The minimum Gasteiger partial charge on any atom is -0.459 e. The Labute approximate surface area is 220 Å². The average Bonchev–Trinajstić information content (AvgIpc) is 2.90. The Morgan fingerprint density at radius 3 is 1.78 bits per heavy atom. The van der Waals surface area contributed by atoms with Crippen LogP contribution in [0.1, 0.15) is 30.0 Å². The van der Waals surface area contributed by atoms with Crippen LogP contribution in [-0.4, -0.2) is 47.5 Å². The van der Waals surface area contributed by atoms with Gasteiger partial charge >= 0.3 is 5.97 Å². The van der Waals surface area contributed by atoms with Crippen molar-refractivity contribution in [1.29, 1.82) is 0 Å². The summed E-state index contributed by atoms with van der Waals surface area (Å²) in [7, 11) is 1.40. The van der Waals surface area contributed by atoms with Crippen molar-refractivity contribution in [1.82, 2.24) is 10.4 Å². The molecule has 2 aliphatic rings. The summed E-state index contributed by atoms with van der Waals surface area (Å²) in [5, 5.41) is 3.84. The van der Waals surface area contributed by atoms with Crippen molar-refractivity contribution in [3.05, 3.63) is 108 Å². The normalized spacial score (nSPS) is 21.9. The number of esters is 1. The quantitative estimate of drug-likeness (QED) is 0.264. The molecule has 0 saturated carbocycles. The van der Waals surface area contributed by atoms with Gasteiger partial charge in [0.05, 0.1) is 23.7 Å². The van der Waals surface area contributed by atoms with E-state index in [4.69, 9.17) is 9.57 Å². The summed E-state index contributed by atoms with van der Waals surface area (Å²) in [6.07, 6.45) is -0.685. The number of nitrogens with one attached hydrogen (secondary N) is 1. The SMILES string of the molecule is CON1C(=O)C[C@@H]1C(OC(C)=O)[C@H]1C(=O)N[C@@H]1SC(c1ccccc1)(c1ccccc1)c1ccccc1. The lowest BCUT2D eigenvalue weighted by Gasteiger charge is -2.50. The van der Waals surface area contributed by atoms with Gasteiger partial charge in [0.15, 0.2) is 0 Å². The standard InChI is InChI=1S/C29H28N2O5S/c1-19(32)36-26(23-18-24(33)31(23)35-2)25-27(34)30-28(25)37-29(20-12-6-3-7-13-20,21-14-8-4-9-15-21)22-16-10-5-11-17-22/h3-17,23,25-26,28H,18H2,1-2H3,(H,30,34)/t23-,25+,26?,28-/m1/s1. The number of hydrogen-bond acceptors (Lipinski definition) is 6. The molecular formula is C29H28N2O5S. The van der Waals surface area contributed by atoms with Crippen molar-refractivity contribution in [2.75, 3.05) is 7.11 Å². The summed E-state index contributed by atoms with van der Waals surface area (Å²) >= 11 is 1.60. The summed E-state index contributed by atoms with van der Waals surface area (Å²) in [6.45, 7) is 1.31. The van der Waals surface area contributed by atoms with Crippen LogP contribution in [0.2, 0.25) is 0 Å². The first-order valence-corrected chi connectivity index (χ1v) is 13.0. The van der Waals surface area contributed by atoms with Gasteiger partial charge in [-0.1, -0.05) is 91.0 Å². The van der Waals surface area contributed by atoms with Gasteiger partial charge in [-0.15, -0.1) is 11.8 Å². The first-order valence-electron chi connectivity index (χ1n) is 12.1. The summed E-state index contributed by atoms with van der Waals surface area (Å²) in [6, 6.07) is 30.0. The Hall–Kier alpha value is -3.62. The number of benzene rings is 3. The molecule has 1 N–H and O–H groups in total. The number of ether oxygens (including phenoxy) is 1. The van der Waals surface area contributed by atoms with Gasteiger partial charge in [-0.05, 0) is 16.7 Å². The lowest BCUT2D eigenvalue weighted by Crippen LogP contribution is -2.69. The molecule has 2 heterocycles. The number of thioether (sulfide) groups is 1. The highest BCUT2D eigenvalue weighted by molar-refractivity contribution is 8.01. The van der Waals surface area contributed by atoms with E-state index in [1.165, 1.54) is 19.1 Å². The van der Waals surface area contributed by atoms with E-state index in [1.807, 2.05) is 54.6 Å². The van der Waals surface area contributed by atoms with Crippen molar-refractivity contribution < 1.29 is 24.0 Å². The Balaban J connectivity index is 1.59. The molecule has 190 valence electrons. The van der Waals surface area contributed by atoms with E-state index in [1.54, 1.807) is 11.8 Å². The van der Waals surface area contributed by atoms with Gasteiger partial charge in [0.2, 0.25) is 11.8 Å². The van der Waals surface area contributed by atoms with Crippen LogP contribution in [-0.2, 0) is 28.7 Å². The number of nitrogens with zero attached hydrogens (tertiary/aromatic N) is 1. The average molecular weight is 517 g/mol. The maximum absolute atomic E-state index is 13.0. The number of rotatable bonds is 9. The predicted molar refractivity (Wildman–Crippen MR) is 140 cm³/mol. The predicted octanol–water partition coefficient (Wildman–Crippen LogP) is 3.88. The third-order valence-corrected chi connectivity index (χ3v) is 8.65. The third kappa shape index (κ3) is 4.51. The minimum absolute atomic E-state index is 0.147. The van der Waals surface area contributed by atoms with Crippen LogP contribution < -0.4 is 5.32 Å². The highest BCUT2D eigenvalue weighted by Gasteiger charge is 2.57. The van der Waals surface area contributed by atoms with Gasteiger partial charge < -0.3 is 10.1 Å². The fourth-order valence-electron chi connectivity index (χ4n) is 5.20. The molecule has 0 aliphatic carbocycles. The topological polar surface area (TPSA) is 84.9 Å². The molecule has 4 atom stereocenters. The molecule has 3 aromatic carbocycles. The zero-order valence-electron chi connectivity index (χ0n) is 20.6. The Morgan fingerprint density at radius 1 is 0.919 bits per heavy atom. The second kappa shape index (κ2) is 10.4. The highest BCUT2D eigenvalue weighted by atomic mass is 32.2. The summed E-state index contributed by atoms with van der Waals surface area (Å²) in [5.41, 5.74) is 3.16. The van der Waals surface area contributed by atoms with Crippen molar-refractivity contribution in [2.24, 2.45) is 5.92 Å². The number of carbonyl (C=O) groups excluding carboxylic acids is 3. The maximum atomic E-state index is 13.0. The molecule has 0 bridgehead atoms. The van der Waals surface area contributed by atoms with Crippen LogP contribution in [0.3, 0.4) is 0 Å². The van der Waals surface area contributed by atoms with Crippen LogP contribution >= 0.6 is 11.8 Å². The third-order valence-electron chi connectivity index (χ3n) is 6.92. The molecule has 2 fully saturated rings. The number of hydroxylamine groups is 2. The molecule has 7 nitrogen and oxygen atoms in total. The second-order valence-electron chi connectivity index (χ2n) is 9.10. The molecule has 2 amide bonds. The zero-order chi connectivity index (χ0) is 26.0. The molecule has 0 radical (unpaired) electrons. The molecule has 8 heteroatoms. The molecule has 0 aromatic heterocycles. The summed E-state index contributed by atoms with van der Waals surface area (Å²) in [4.78, 5) is 42.4. The van der Waals surface area contributed by atoms with Gasteiger partial charge in [0.25, 0.3) is 0 Å². The minimum atomic E-state index is -0.832. The largest absolute Gasteiger partial charge is 0.459 e. The Bertz CT molecular complexity index is 1170. The monoisotopic (exact) mass is 516 g/mol. The van der Waals surface area contributed by atoms with Crippen LogP contribution in [0.4, 0.5) is 0 Å². The molecular weight excluding hydrogens is 488 g/mol. The highest BCUT2D eigenvalue weighted by Crippen LogP contribution is 2.53. The van der Waals surface area contributed by atoms with E-state index >= 15 is 0 Å². The lowest BCUT2D eigenvalue weighted by molar-refractivity contribution is -0.237. The van der Waals surface area contributed by atoms with Crippen LogP contribution in [0.5, 0.6) is 0 Å². The molecule has 0 spiro atoms. The van der Waals surface area contributed by atoms with E-state index < -0.39 is 34.2 Å². The smallest absolute Gasteiger partial charge is 0.303 e. The van der Waals surface area contributed by atoms with E-state index in [-0.39, 0.29) is 18.2 Å². The van der Waals surface area contributed by atoms with E-state index in [0.717, 1.165) is 16.7 Å². The molecule has 2 saturated heterocycles. The van der Waals surface area contributed by atoms with Crippen LogP contribution in [0.15, 0.2) is 91.0 Å². The number of carbonyl (C=O) groups is 3. The van der Waals surface area contributed by atoms with Crippen molar-refractivity contribution in [3.8, 4) is 0 Å². The maximum Gasteiger partial charge on any atom is 0.303 e. The Morgan fingerprint density at radius 2 is 1.41 bits per heavy atom. The van der Waals surface area contributed by atoms with Crippen molar-refractivity contribution in [2.45, 2.75) is 35.6 Å². The number of hydrogen-bond donors (Lipinski definition) is 1. The Kier molecular flexibility index (Phi) is 7.04. The molecule has 2 aliphatic heterocycles. The van der Waals surface area contributed by atoms with Crippen LogP contribution in [0.25, 0.3) is 0 Å². The second-order valence-corrected chi connectivity index (χ2v) is 10.5. The zero-order valence-corrected chi connectivity index (χ0v) is 21.4. The van der Waals surface area contributed by atoms with Gasteiger partial charge in [0, 0.05) is 6.92 Å². The molecule has 3 aromatic rings. The van der Waals surface area contributed by atoms with Gasteiger partial charge in [0.1, 0.15) is 18.1 Å². The number of amides is 2. The molecule has 5 rings (SSSR count). The molecule has 1 unspecified atom stereocenters. The van der Waals surface area contributed by atoms with Crippen molar-refractivity contribution in [3.63, 3.8) is 0 Å². The number of β-lactam (4-membered cyclic amide) rings is 2. The fraction of sp³-hybridized carbons (Fsp3) is 0.276.